The summed E-state index contributed by atoms with van der Waals surface area (Å²) in [5, 5.41) is 3.15. The highest BCUT2D eigenvalue weighted by Crippen LogP contribution is 2.26. The Morgan fingerprint density at radius 3 is 2.48 bits per heavy atom. The highest BCUT2D eigenvalue weighted by Gasteiger charge is 2.31. The molecule has 1 aromatic carbocycles. The van der Waals surface area contributed by atoms with E-state index in [1.165, 1.54) is 27.5 Å². The summed E-state index contributed by atoms with van der Waals surface area (Å²) in [5.41, 5.74) is 1.72. The van der Waals surface area contributed by atoms with Crippen LogP contribution in [-0.2, 0) is 13.1 Å². The molecule has 0 aliphatic heterocycles. The number of nitrogens with one attached hydrogen (secondary N) is 1. The lowest BCUT2D eigenvalue weighted by molar-refractivity contribution is -0.274. The molecule has 0 spiro atoms. The van der Waals surface area contributed by atoms with Crippen LogP contribution in [-0.4, -0.2) is 6.36 Å². The van der Waals surface area contributed by atoms with E-state index in [1.807, 2.05) is 6.92 Å². The largest absolute Gasteiger partial charge is 0.573 e. The minimum Gasteiger partial charge on any atom is -0.405 e. The summed E-state index contributed by atoms with van der Waals surface area (Å²) >= 11 is 1.69. The van der Waals surface area contributed by atoms with Crippen LogP contribution in [0.4, 0.5) is 13.2 Å². The molecule has 0 radical (unpaired) electrons. The third-order valence-electron chi connectivity index (χ3n) is 3.03. The number of hydrogen-bond acceptors (Lipinski definition) is 3. The zero-order valence-electron chi connectivity index (χ0n) is 11.8. The highest BCUT2D eigenvalue weighted by atomic mass is 32.1. The van der Waals surface area contributed by atoms with Crippen LogP contribution in [0.5, 0.6) is 5.75 Å². The summed E-state index contributed by atoms with van der Waals surface area (Å²) in [6.07, 6.45) is -4.67. The van der Waals surface area contributed by atoms with E-state index in [0.29, 0.717) is 18.7 Å². The average Bonchev–Trinajstić information content (AvgIpc) is 2.69. The maximum Gasteiger partial charge on any atom is 0.573 e. The SMILES string of the molecule is Cc1cc(CNCc2ccccc2OC(F)(F)F)sc1C. The zero-order chi connectivity index (χ0) is 15.5. The summed E-state index contributed by atoms with van der Waals surface area (Å²) in [5.74, 6) is -0.156. The number of rotatable bonds is 5. The van der Waals surface area contributed by atoms with Crippen LogP contribution >= 0.6 is 11.3 Å². The molecule has 0 bridgehead atoms. The molecule has 114 valence electrons. The van der Waals surface area contributed by atoms with Crippen LogP contribution in [0.25, 0.3) is 0 Å². The summed E-state index contributed by atoms with van der Waals surface area (Å²) in [6.45, 7) is 5.04. The maximum absolute atomic E-state index is 12.3. The fourth-order valence-corrected chi connectivity index (χ4v) is 2.95. The van der Waals surface area contributed by atoms with E-state index in [9.17, 15) is 13.2 Å². The Bertz CT molecular complexity index is 588. The Morgan fingerprint density at radius 2 is 1.86 bits per heavy atom. The fourth-order valence-electron chi connectivity index (χ4n) is 1.93. The first-order chi connectivity index (χ1) is 9.85. The Kier molecular flexibility index (Phi) is 4.90. The molecule has 0 aliphatic carbocycles. The predicted octanol–water partition coefficient (Wildman–Crippen LogP) is 4.55. The van der Waals surface area contributed by atoms with Crippen molar-refractivity contribution >= 4 is 11.3 Å². The maximum atomic E-state index is 12.3. The van der Waals surface area contributed by atoms with E-state index in [0.717, 1.165) is 0 Å². The molecule has 1 heterocycles. The van der Waals surface area contributed by atoms with Crippen molar-refractivity contribution in [2.24, 2.45) is 0 Å². The van der Waals surface area contributed by atoms with Gasteiger partial charge in [-0.05, 0) is 31.5 Å². The second kappa shape index (κ2) is 6.49. The third-order valence-corrected chi connectivity index (χ3v) is 4.18. The van der Waals surface area contributed by atoms with Gasteiger partial charge in [0.1, 0.15) is 5.75 Å². The molecular formula is C15H16F3NOS. The van der Waals surface area contributed by atoms with Crippen molar-refractivity contribution in [2.45, 2.75) is 33.3 Å². The molecular weight excluding hydrogens is 299 g/mol. The third kappa shape index (κ3) is 4.75. The van der Waals surface area contributed by atoms with Crippen LogP contribution in [0.15, 0.2) is 30.3 Å². The van der Waals surface area contributed by atoms with Gasteiger partial charge in [-0.1, -0.05) is 18.2 Å². The Morgan fingerprint density at radius 1 is 1.14 bits per heavy atom. The Balaban J connectivity index is 1.97. The van der Waals surface area contributed by atoms with Crippen molar-refractivity contribution in [1.29, 1.82) is 0 Å². The molecule has 0 fully saturated rings. The average molecular weight is 315 g/mol. The fraction of sp³-hybridized carbons (Fsp3) is 0.333. The van der Waals surface area contributed by atoms with Gasteiger partial charge in [-0.25, -0.2) is 0 Å². The molecule has 1 aromatic heterocycles. The number of aryl methyl sites for hydroxylation is 2. The number of para-hydroxylation sites is 1. The molecule has 0 atom stereocenters. The lowest BCUT2D eigenvalue weighted by Gasteiger charge is -2.13. The number of hydrogen-bond donors (Lipinski definition) is 1. The van der Waals surface area contributed by atoms with E-state index in [-0.39, 0.29) is 5.75 Å². The molecule has 21 heavy (non-hydrogen) atoms. The second-order valence-corrected chi connectivity index (χ2v) is 6.05. The van der Waals surface area contributed by atoms with Gasteiger partial charge in [-0.2, -0.15) is 0 Å². The van der Waals surface area contributed by atoms with Crippen molar-refractivity contribution in [1.82, 2.24) is 5.32 Å². The van der Waals surface area contributed by atoms with Gasteiger partial charge in [0, 0.05) is 28.4 Å². The smallest absolute Gasteiger partial charge is 0.405 e. The quantitative estimate of drug-likeness (QED) is 0.874. The van der Waals surface area contributed by atoms with Crippen molar-refractivity contribution in [3.63, 3.8) is 0 Å². The summed E-state index contributed by atoms with van der Waals surface area (Å²) in [6, 6.07) is 8.25. The minimum atomic E-state index is -4.67. The van der Waals surface area contributed by atoms with E-state index < -0.39 is 6.36 Å². The number of thiophene rings is 1. The van der Waals surface area contributed by atoms with Crippen molar-refractivity contribution in [2.75, 3.05) is 0 Å². The normalized spacial score (nSPS) is 11.7. The second-order valence-electron chi connectivity index (χ2n) is 4.71. The van der Waals surface area contributed by atoms with Crippen LogP contribution in [0.1, 0.15) is 20.9 Å². The first-order valence-electron chi connectivity index (χ1n) is 6.45. The van der Waals surface area contributed by atoms with Gasteiger partial charge in [-0.3, -0.25) is 0 Å². The highest BCUT2D eigenvalue weighted by molar-refractivity contribution is 7.12. The van der Waals surface area contributed by atoms with Gasteiger partial charge in [0.2, 0.25) is 0 Å². The number of ether oxygens (including phenoxy) is 1. The lowest BCUT2D eigenvalue weighted by atomic mass is 10.2. The minimum absolute atomic E-state index is 0.156. The van der Waals surface area contributed by atoms with Gasteiger partial charge in [0.15, 0.2) is 0 Å². The van der Waals surface area contributed by atoms with Gasteiger partial charge in [0.05, 0.1) is 0 Å². The first kappa shape index (κ1) is 15.9. The zero-order valence-corrected chi connectivity index (χ0v) is 12.6. The molecule has 2 rings (SSSR count). The van der Waals surface area contributed by atoms with E-state index in [2.05, 4.69) is 23.0 Å². The van der Waals surface area contributed by atoms with E-state index >= 15 is 0 Å². The molecule has 0 saturated heterocycles. The molecule has 0 aliphatic rings. The number of halogens is 3. The number of benzene rings is 1. The molecule has 6 heteroatoms. The topological polar surface area (TPSA) is 21.3 Å². The van der Waals surface area contributed by atoms with Crippen molar-refractivity contribution in [3.8, 4) is 5.75 Å². The van der Waals surface area contributed by atoms with Gasteiger partial charge >= 0.3 is 6.36 Å². The van der Waals surface area contributed by atoms with Crippen LogP contribution < -0.4 is 10.1 Å². The predicted molar refractivity (Wildman–Crippen MR) is 77.5 cm³/mol. The molecule has 2 aromatic rings. The summed E-state index contributed by atoms with van der Waals surface area (Å²) < 4.78 is 41.0. The van der Waals surface area contributed by atoms with Crippen molar-refractivity contribution < 1.29 is 17.9 Å². The lowest BCUT2D eigenvalue weighted by Crippen LogP contribution is -2.19. The standard InChI is InChI=1S/C15H16F3NOS/c1-10-7-13(21-11(10)2)9-19-8-12-5-3-4-6-14(12)20-15(16,17)18/h3-7,19H,8-9H2,1-2H3. The van der Waals surface area contributed by atoms with Crippen LogP contribution in [0.3, 0.4) is 0 Å². The first-order valence-corrected chi connectivity index (χ1v) is 7.27. The molecule has 0 amide bonds. The van der Waals surface area contributed by atoms with Crippen molar-refractivity contribution in [3.05, 3.63) is 51.2 Å². The van der Waals surface area contributed by atoms with Gasteiger partial charge in [-0.15, -0.1) is 24.5 Å². The summed E-state index contributed by atoms with van der Waals surface area (Å²) in [4.78, 5) is 2.42. The summed E-state index contributed by atoms with van der Waals surface area (Å²) in [7, 11) is 0. The molecule has 0 unspecified atom stereocenters. The molecule has 0 saturated carbocycles. The monoisotopic (exact) mass is 315 g/mol. The van der Waals surface area contributed by atoms with Crippen LogP contribution in [0.2, 0.25) is 0 Å². The van der Waals surface area contributed by atoms with E-state index in [1.54, 1.807) is 23.5 Å². The van der Waals surface area contributed by atoms with Gasteiger partial charge < -0.3 is 10.1 Å². The molecule has 1 N–H and O–H groups in total. The van der Waals surface area contributed by atoms with E-state index in [4.69, 9.17) is 0 Å². The molecule has 2 nitrogen and oxygen atoms in total. The van der Waals surface area contributed by atoms with Gasteiger partial charge in [0.25, 0.3) is 0 Å². The Hall–Kier alpha value is -1.53. The number of alkyl halides is 3. The Labute approximate surface area is 125 Å². The van der Waals surface area contributed by atoms with Crippen LogP contribution in [0, 0.1) is 13.8 Å².